The molecule has 0 saturated heterocycles. The Hall–Kier alpha value is -1.45. The minimum absolute atomic E-state index is 0.0227. The Morgan fingerprint density at radius 2 is 1.57 bits per heavy atom. The SMILES string of the molecule is COC(=O)[C@]12CCC(C)(C)CC1C1C(=O)C=C3[C@@]4(C)CCC(=O)C(C)(C)[C@@H]4CC[C@@]3(C)[C@]1(C)CC2. The summed E-state index contributed by atoms with van der Waals surface area (Å²) in [7, 11) is 1.51. The maximum atomic E-state index is 14.3. The van der Waals surface area contributed by atoms with E-state index < -0.39 is 5.41 Å². The summed E-state index contributed by atoms with van der Waals surface area (Å²) in [6.45, 7) is 16.0. The van der Waals surface area contributed by atoms with Gasteiger partial charge in [0.1, 0.15) is 5.78 Å². The number of allylic oxidation sites excluding steroid dienone is 2. The van der Waals surface area contributed by atoms with Gasteiger partial charge in [-0.1, -0.05) is 54.0 Å². The number of esters is 1. The number of ketones is 2. The molecule has 4 nitrogen and oxygen atoms in total. The lowest BCUT2D eigenvalue weighted by Crippen LogP contribution is -2.66. The summed E-state index contributed by atoms with van der Waals surface area (Å²) in [5.74, 6) is 0.648. The molecule has 4 saturated carbocycles. The average Bonchev–Trinajstić information content (AvgIpc) is 2.77. The third-order valence-corrected chi connectivity index (χ3v) is 12.7. The fourth-order valence-corrected chi connectivity index (χ4v) is 10.4. The molecule has 0 aromatic rings. The molecule has 0 aromatic heterocycles. The fraction of sp³-hybridized carbons (Fsp3) is 0.839. The van der Waals surface area contributed by atoms with E-state index in [1.54, 1.807) is 0 Å². The molecule has 35 heavy (non-hydrogen) atoms. The average molecular weight is 483 g/mol. The van der Waals surface area contributed by atoms with Crippen molar-refractivity contribution >= 4 is 17.5 Å². The molecule has 5 rings (SSSR count). The van der Waals surface area contributed by atoms with Gasteiger partial charge in [-0.2, -0.15) is 0 Å². The highest BCUT2D eigenvalue weighted by Crippen LogP contribution is 2.74. The quantitative estimate of drug-likeness (QED) is 0.390. The lowest BCUT2D eigenvalue weighted by Gasteiger charge is -2.69. The van der Waals surface area contributed by atoms with E-state index in [0.29, 0.717) is 12.2 Å². The third kappa shape index (κ3) is 3.00. The topological polar surface area (TPSA) is 60.4 Å². The molecule has 0 amide bonds. The molecule has 5 aliphatic rings. The van der Waals surface area contributed by atoms with Crippen molar-refractivity contribution in [3.8, 4) is 0 Å². The Balaban J connectivity index is 1.65. The van der Waals surface area contributed by atoms with Gasteiger partial charge in [-0.05, 0) is 90.9 Å². The number of rotatable bonds is 1. The fourth-order valence-electron chi connectivity index (χ4n) is 10.4. The van der Waals surface area contributed by atoms with Crippen molar-refractivity contribution in [3.05, 3.63) is 11.6 Å². The molecular formula is C31H46O4. The zero-order valence-corrected chi connectivity index (χ0v) is 23.3. The number of Topliss-reactive ketones (excluding diaryl/α,β-unsaturated/α-hetero) is 1. The van der Waals surface area contributed by atoms with Crippen molar-refractivity contribution in [2.75, 3.05) is 7.11 Å². The van der Waals surface area contributed by atoms with Gasteiger partial charge in [-0.15, -0.1) is 0 Å². The number of ether oxygens (including phenoxy) is 1. The summed E-state index contributed by atoms with van der Waals surface area (Å²) in [4.78, 5) is 40.6. The zero-order valence-electron chi connectivity index (χ0n) is 23.3. The van der Waals surface area contributed by atoms with Crippen molar-refractivity contribution < 1.29 is 19.1 Å². The number of methoxy groups -OCH3 is 1. The summed E-state index contributed by atoms with van der Waals surface area (Å²) in [5.41, 5.74) is 0.119. The molecule has 7 atom stereocenters. The maximum Gasteiger partial charge on any atom is 0.312 e. The maximum absolute atomic E-state index is 14.3. The van der Waals surface area contributed by atoms with Crippen LogP contribution in [0.2, 0.25) is 0 Å². The van der Waals surface area contributed by atoms with Crippen LogP contribution >= 0.6 is 0 Å². The van der Waals surface area contributed by atoms with Crippen LogP contribution in [0.5, 0.6) is 0 Å². The molecule has 0 spiro atoms. The summed E-state index contributed by atoms with van der Waals surface area (Å²) in [6, 6.07) is 0. The Morgan fingerprint density at radius 1 is 0.914 bits per heavy atom. The normalized spacial score (nSPS) is 48.0. The van der Waals surface area contributed by atoms with Crippen LogP contribution in [0.15, 0.2) is 11.6 Å². The van der Waals surface area contributed by atoms with E-state index in [9.17, 15) is 14.4 Å². The van der Waals surface area contributed by atoms with Crippen LogP contribution in [0.4, 0.5) is 0 Å². The lowest BCUT2D eigenvalue weighted by atomic mass is 9.34. The second-order valence-electron chi connectivity index (χ2n) is 15.0. The molecule has 0 heterocycles. The molecule has 4 fully saturated rings. The minimum atomic E-state index is -0.536. The molecule has 0 aromatic carbocycles. The molecule has 0 radical (unpaired) electrons. The van der Waals surface area contributed by atoms with E-state index in [0.717, 1.165) is 51.4 Å². The first-order valence-electron chi connectivity index (χ1n) is 14.0. The minimum Gasteiger partial charge on any atom is -0.469 e. The summed E-state index contributed by atoms with van der Waals surface area (Å²) >= 11 is 0. The van der Waals surface area contributed by atoms with E-state index in [1.807, 2.05) is 6.08 Å². The molecule has 2 unspecified atom stereocenters. The van der Waals surface area contributed by atoms with Gasteiger partial charge in [-0.25, -0.2) is 0 Å². The van der Waals surface area contributed by atoms with Crippen molar-refractivity contribution in [2.24, 2.45) is 50.2 Å². The van der Waals surface area contributed by atoms with Crippen LogP contribution in [0.3, 0.4) is 0 Å². The van der Waals surface area contributed by atoms with Crippen LogP contribution in [0, 0.1) is 50.2 Å². The number of carbonyl (C=O) groups is 3. The number of fused-ring (bicyclic) bond motifs is 7. The molecule has 4 heteroatoms. The molecule has 194 valence electrons. The van der Waals surface area contributed by atoms with Crippen LogP contribution in [0.1, 0.15) is 106 Å². The largest absolute Gasteiger partial charge is 0.469 e. The standard InChI is InChI=1S/C31H46O4/c1-26(2)13-15-31(25(34)35-8)16-14-30(7)24(19(31)18-26)20(32)17-22-28(5)11-10-23(33)27(3,4)21(28)9-12-29(22,30)6/h17,19,21,24H,9-16,18H2,1-8H3/t19?,21-,24?,28-,29+,30+,31-/m0/s1. The molecular weight excluding hydrogens is 436 g/mol. The molecule has 0 N–H and O–H groups in total. The van der Waals surface area contributed by atoms with E-state index in [4.69, 9.17) is 4.74 Å². The first-order valence-corrected chi connectivity index (χ1v) is 14.0. The Morgan fingerprint density at radius 3 is 2.23 bits per heavy atom. The lowest BCUT2D eigenvalue weighted by molar-refractivity contribution is -0.192. The summed E-state index contributed by atoms with van der Waals surface area (Å²) in [6.07, 6.45) is 9.92. The molecule has 0 aliphatic heterocycles. The van der Waals surface area contributed by atoms with Gasteiger partial charge in [0, 0.05) is 17.8 Å². The highest BCUT2D eigenvalue weighted by atomic mass is 16.5. The van der Waals surface area contributed by atoms with Gasteiger partial charge in [0.15, 0.2) is 5.78 Å². The van der Waals surface area contributed by atoms with Crippen molar-refractivity contribution in [2.45, 2.75) is 106 Å². The van der Waals surface area contributed by atoms with Crippen LogP contribution in [-0.4, -0.2) is 24.6 Å². The first-order chi connectivity index (χ1) is 16.1. The van der Waals surface area contributed by atoms with Crippen molar-refractivity contribution in [1.29, 1.82) is 0 Å². The predicted molar refractivity (Wildman–Crippen MR) is 136 cm³/mol. The van der Waals surface area contributed by atoms with E-state index >= 15 is 0 Å². The van der Waals surface area contributed by atoms with Crippen LogP contribution < -0.4 is 0 Å². The molecule has 0 bridgehead atoms. The Labute approximate surface area is 212 Å². The van der Waals surface area contributed by atoms with Crippen molar-refractivity contribution in [3.63, 3.8) is 0 Å². The predicted octanol–water partition coefficient (Wildman–Crippen LogP) is 6.71. The highest BCUT2D eigenvalue weighted by Gasteiger charge is 2.71. The second kappa shape index (κ2) is 7.32. The monoisotopic (exact) mass is 482 g/mol. The van der Waals surface area contributed by atoms with Crippen molar-refractivity contribution in [1.82, 2.24) is 0 Å². The third-order valence-electron chi connectivity index (χ3n) is 12.7. The van der Waals surface area contributed by atoms with E-state index in [1.165, 1.54) is 12.7 Å². The van der Waals surface area contributed by atoms with Crippen LogP contribution in [-0.2, 0) is 19.1 Å². The second-order valence-corrected chi connectivity index (χ2v) is 15.0. The van der Waals surface area contributed by atoms with Gasteiger partial charge < -0.3 is 4.74 Å². The Bertz CT molecular complexity index is 1020. The smallest absolute Gasteiger partial charge is 0.312 e. The van der Waals surface area contributed by atoms with Gasteiger partial charge in [0.25, 0.3) is 0 Å². The van der Waals surface area contributed by atoms with Gasteiger partial charge in [0.2, 0.25) is 0 Å². The van der Waals surface area contributed by atoms with Gasteiger partial charge >= 0.3 is 5.97 Å². The number of hydrogen-bond acceptors (Lipinski definition) is 4. The van der Waals surface area contributed by atoms with E-state index in [-0.39, 0.29) is 56.6 Å². The number of carbonyl (C=O) groups excluding carboxylic acids is 3. The van der Waals surface area contributed by atoms with Gasteiger partial charge in [0.05, 0.1) is 12.5 Å². The molecule has 5 aliphatic carbocycles. The van der Waals surface area contributed by atoms with Gasteiger partial charge in [-0.3, -0.25) is 14.4 Å². The highest BCUT2D eigenvalue weighted by molar-refractivity contribution is 5.96. The van der Waals surface area contributed by atoms with E-state index in [2.05, 4.69) is 48.5 Å². The summed E-state index contributed by atoms with van der Waals surface area (Å²) < 4.78 is 5.42. The number of hydrogen-bond donors (Lipinski definition) is 0. The first kappa shape index (κ1) is 25.2. The summed E-state index contributed by atoms with van der Waals surface area (Å²) in [5, 5.41) is 0. The Kier molecular flexibility index (Phi) is 5.27. The van der Waals surface area contributed by atoms with Crippen LogP contribution in [0.25, 0.3) is 0 Å². The zero-order chi connectivity index (χ0) is 25.8.